The quantitative estimate of drug-likeness (QED) is 0.748. The Morgan fingerprint density at radius 3 is 2.31 bits per heavy atom. The van der Waals surface area contributed by atoms with Gasteiger partial charge in [0, 0.05) is 38.2 Å². The predicted molar refractivity (Wildman–Crippen MR) is 101 cm³/mol. The van der Waals surface area contributed by atoms with Crippen molar-refractivity contribution >= 4 is 11.8 Å². The number of benzene rings is 1. The third-order valence-electron chi connectivity index (χ3n) is 4.77. The summed E-state index contributed by atoms with van der Waals surface area (Å²) >= 11 is 0. The lowest BCUT2D eigenvalue weighted by Crippen LogP contribution is -2.37. The van der Waals surface area contributed by atoms with Crippen LogP contribution in [0.4, 0.5) is 0 Å². The third-order valence-corrected chi connectivity index (χ3v) is 4.77. The van der Waals surface area contributed by atoms with Gasteiger partial charge in [-0.15, -0.1) is 0 Å². The van der Waals surface area contributed by atoms with E-state index >= 15 is 0 Å². The molecule has 0 saturated carbocycles. The monoisotopic (exact) mass is 362 g/mol. The summed E-state index contributed by atoms with van der Waals surface area (Å²) in [4.78, 5) is 28.7. The van der Waals surface area contributed by atoms with Crippen molar-refractivity contribution in [1.82, 2.24) is 9.80 Å². The van der Waals surface area contributed by atoms with Gasteiger partial charge in [-0.3, -0.25) is 9.59 Å². The zero-order valence-corrected chi connectivity index (χ0v) is 16.1. The van der Waals surface area contributed by atoms with Crippen LogP contribution in [0.2, 0.25) is 0 Å². The van der Waals surface area contributed by atoms with Gasteiger partial charge >= 0.3 is 0 Å². The van der Waals surface area contributed by atoms with Gasteiger partial charge in [0.2, 0.25) is 11.8 Å². The molecule has 0 aromatic heterocycles. The molecule has 0 bridgehead atoms. The molecule has 1 heterocycles. The van der Waals surface area contributed by atoms with E-state index in [4.69, 9.17) is 9.47 Å². The van der Waals surface area contributed by atoms with E-state index in [1.807, 2.05) is 28.0 Å². The van der Waals surface area contributed by atoms with Crippen molar-refractivity contribution < 1.29 is 19.1 Å². The van der Waals surface area contributed by atoms with Gasteiger partial charge in [-0.05, 0) is 31.0 Å². The number of rotatable bonds is 7. The van der Waals surface area contributed by atoms with Crippen LogP contribution in [0.25, 0.3) is 0 Å². The van der Waals surface area contributed by atoms with Crippen LogP contribution in [0, 0.1) is 0 Å². The molecule has 0 aliphatic carbocycles. The van der Waals surface area contributed by atoms with Crippen LogP contribution >= 0.6 is 0 Å². The molecule has 0 radical (unpaired) electrons. The van der Waals surface area contributed by atoms with E-state index in [2.05, 4.69) is 6.92 Å². The fraction of sp³-hybridized carbons (Fsp3) is 0.600. The molecule has 6 heteroatoms. The number of hydrogen-bond donors (Lipinski definition) is 0. The van der Waals surface area contributed by atoms with Gasteiger partial charge in [-0.1, -0.05) is 13.3 Å². The van der Waals surface area contributed by atoms with Gasteiger partial charge in [-0.25, -0.2) is 0 Å². The van der Waals surface area contributed by atoms with Crippen LogP contribution in [0.5, 0.6) is 11.5 Å². The zero-order chi connectivity index (χ0) is 18.9. The minimum absolute atomic E-state index is 0.0550. The Morgan fingerprint density at radius 1 is 1.00 bits per heavy atom. The van der Waals surface area contributed by atoms with Gasteiger partial charge in [0.1, 0.15) is 11.5 Å². The minimum Gasteiger partial charge on any atom is -0.497 e. The second kappa shape index (κ2) is 10.0. The molecule has 1 aromatic rings. The van der Waals surface area contributed by atoms with Crippen molar-refractivity contribution in [3.63, 3.8) is 0 Å². The van der Waals surface area contributed by atoms with Crippen LogP contribution in [0.3, 0.4) is 0 Å². The number of nitrogens with zero attached hydrogens (tertiary/aromatic N) is 2. The summed E-state index contributed by atoms with van der Waals surface area (Å²) in [6.07, 6.45) is 3.63. The standard InChI is InChI=1S/C20H30N2O4/c1-4-5-7-19(23)21-10-6-11-22(13-12-21)20(24)15-16-14-17(25-2)8-9-18(16)26-3/h8-9,14H,4-7,10-13,15H2,1-3H3. The van der Waals surface area contributed by atoms with E-state index in [1.165, 1.54) is 0 Å². The molecule has 6 nitrogen and oxygen atoms in total. The molecule has 1 aliphatic heterocycles. The second-order valence-electron chi connectivity index (χ2n) is 6.57. The first kappa shape index (κ1) is 20.1. The maximum atomic E-state index is 12.8. The van der Waals surface area contributed by atoms with Crippen LogP contribution in [0.15, 0.2) is 18.2 Å². The zero-order valence-electron chi connectivity index (χ0n) is 16.1. The van der Waals surface area contributed by atoms with Crippen LogP contribution in [-0.2, 0) is 16.0 Å². The Labute approximate surface area is 156 Å². The summed E-state index contributed by atoms with van der Waals surface area (Å²) in [5, 5.41) is 0. The molecule has 1 saturated heterocycles. The maximum absolute atomic E-state index is 12.8. The highest BCUT2D eigenvalue weighted by Crippen LogP contribution is 2.25. The van der Waals surface area contributed by atoms with Gasteiger partial charge in [0.05, 0.1) is 20.6 Å². The number of carbonyl (C=O) groups is 2. The second-order valence-corrected chi connectivity index (χ2v) is 6.57. The van der Waals surface area contributed by atoms with E-state index in [1.54, 1.807) is 14.2 Å². The highest BCUT2D eigenvalue weighted by Gasteiger charge is 2.22. The molecule has 2 rings (SSSR count). The van der Waals surface area contributed by atoms with Gasteiger partial charge < -0.3 is 19.3 Å². The van der Waals surface area contributed by atoms with Crippen molar-refractivity contribution in [2.45, 2.75) is 39.0 Å². The van der Waals surface area contributed by atoms with Gasteiger partial charge in [-0.2, -0.15) is 0 Å². The number of hydrogen-bond acceptors (Lipinski definition) is 4. The first-order valence-corrected chi connectivity index (χ1v) is 9.35. The van der Waals surface area contributed by atoms with E-state index < -0.39 is 0 Å². The van der Waals surface area contributed by atoms with Crippen molar-refractivity contribution in [2.75, 3.05) is 40.4 Å². The van der Waals surface area contributed by atoms with Crippen LogP contribution < -0.4 is 9.47 Å². The van der Waals surface area contributed by atoms with Gasteiger partial charge in [0.25, 0.3) is 0 Å². The Balaban J connectivity index is 1.97. The van der Waals surface area contributed by atoms with Gasteiger partial charge in [0.15, 0.2) is 0 Å². The van der Waals surface area contributed by atoms with Crippen molar-refractivity contribution in [1.29, 1.82) is 0 Å². The molecular weight excluding hydrogens is 332 g/mol. The topological polar surface area (TPSA) is 59.1 Å². The molecule has 0 spiro atoms. The molecule has 1 aliphatic rings. The Hall–Kier alpha value is -2.24. The third kappa shape index (κ3) is 5.38. The van der Waals surface area contributed by atoms with Crippen molar-refractivity contribution in [2.24, 2.45) is 0 Å². The lowest BCUT2D eigenvalue weighted by atomic mass is 10.1. The van der Waals surface area contributed by atoms with E-state index in [-0.39, 0.29) is 18.2 Å². The van der Waals surface area contributed by atoms with E-state index in [9.17, 15) is 9.59 Å². The fourth-order valence-electron chi connectivity index (χ4n) is 3.20. The molecule has 144 valence electrons. The molecular formula is C20H30N2O4. The Bertz CT molecular complexity index is 618. The van der Waals surface area contributed by atoms with Crippen molar-refractivity contribution in [3.8, 4) is 11.5 Å². The molecule has 1 aromatic carbocycles. The largest absolute Gasteiger partial charge is 0.497 e. The molecule has 1 fully saturated rings. The average molecular weight is 362 g/mol. The summed E-state index contributed by atoms with van der Waals surface area (Å²) in [6, 6.07) is 5.48. The minimum atomic E-state index is 0.0550. The Kier molecular flexibility index (Phi) is 7.75. The number of unbranched alkanes of at least 4 members (excludes halogenated alkanes) is 1. The first-order chi connectivity index (χ1) is 12.6. The summed E-state index contributed by atoms with van der Waals surface area (Å²) < 4.78 is 10.6. The van der Waals surface area contributed by atoms with Crippen LogP contribution in [-0.4, -0.2) is 62.0 Å². The number of amides is 2. The SMILES string of the molecule is CCCCC(=O)N1CCCN(C(=O)Cc2cc(OC)ccc2OC)CC1. The average Bonchev–Trinajstić information content (AvgIpc) is 2.92. The molecule has 0 atom stereocenters. The highest BCUT2D eigenvalue weighted by molar-refractivity contribution is 5.80. The maximum Gasteiger partial charge on any atom is 0.227 e. The lowest BCUT2D eigenvalue weighted by molar-refractivity contribution is -0.133. The number of methoxy groups -OCH3 is 2. The smallest absolute Gasteiger partial charge is 0.227 e. The summed E-state index contributed by atoms with van der Waals surface area (Å²) in [6.45, 7) is 4.70. The Morgan fingerprint density at radius 2 is 1.69 bits per heavy atom. The highest BCUT2D eigenvalue weighted by atomic mass is 16.5. The normalized spacial score (nSPS) is 14.7. The lowest BCUT2D eigenvalue weighted by Gasteiger charge is -2.22. The molecule has 0 unspecified atom stereocenters. The predicted octanol–water partition coefficient (Wildman–Crippen LogP) is 2.50. The summed E-state index contributed by atoms with van der Waals surface area (Å²) in [5.41, 5.74) is 0.817. The summed E-state index contributed by atoms with van der Waals surface area (Å²) in [7, 11) is 3.20. The van der Waals surface area contributed by atoms with Crippen LogP contribution in [0.1, 0.15) is 38.2 Å². The molecule has 2 amide bonds. The van der Waals surface area contributed by atoms with E-state index in [0.29, 0.717) is 37.6 Å². The van der Waals surface area contributed by atoms with Crippen molar-refractivity contribution in [3.05, 3.63) is 23.8 Å². The molecule has 26 heavy (non-hydrogen) atoms. The first-order valence-electron chi connectivity index (χ1n) is 9.35. The fourth-order valence-corrected chi connectivity index (χ4v) is 3.20. The number of ether oxygens (including phenoxy) is 2. The number of carbonyl (C=O) groups excluding carboxylic acids is 2. The van der Waals surface area contributed by atoms with E-state index in [0.717, 1.165) is 31.4 Å². The summed E-state index contributed by atoms with van der Waals surface area (Å²) in [5.74, 6) is 1.65. The molecule has 0 N–H and O–H groups in total.